The number of halogens is 4. The van der Waals surface area contributed by atoms with Gasteiger partial charge in [-0.15, -0.1) is 0 Å². The van der Waals surface area contributed by atoms with Gasteiger partial charge in [-0.25, -0.2) is 8.78 Å². The number of rotatable bonds is 1. The fourth-order valence-electron chi connectivity index (χ4n) is 1.48. The van der Waals surface area contributed by atoms with Gasteiger partial charge in [0.25, 0.3) is 0 Å². The third-order valence-corrected chi connectivity index (χ3v) is 3.09. The summed E-state index contributed by atoms with van der Waals surface area (Å²) in [5.41, 5.74) is 0.241. The van der Waals surface area contributed by atoms with Gasteiger partial charge in [-0.2, -0.15) is 0 Å². The number of phenols is 1. The Kier molecular flexibility index (Phi) is 3.22. The Morgan fingerprint density at radius 2 is 1.71 bits per heavy atom. The van der Waals surface area contributed by atoms with E-state index in [1.807, 2.05) is 0 Å². The summed E-state index contributed by atoms with van der Waals surface area (Å²) >= 11 is 11.7. The molecule has 0 atom stereocenters. The zero-order chi connectivity index (χ0) is 12.6. The number of phenolic OH excluding ortho intramolecular Hbond substituents is 1. The molecular formula is C12H6Cl2F2O. The van der Waals surface area contributed by atoms with Crippen LogP contribution in [0.2, 0.25) is 10.0 Å². The molecule has 0 amide bonds. The van der Waals surface area contributed by atoms with Crippen LogP contribution in [0.4, 0.5) is 8.78 Å². The summed E-state index contributed by atoms with van der Waals surface area (Å²) in [5, 5.41) is 9.92. The van der Waals surface area contributed by atoms with Crippen LogP contribution in [0.1, 0.15) is 0 Å². The average molecular weight is 275 g/mol. The summed E-state index contributed by atoms with van der Waals surface area (Å²) in [6, 6.07) is 6.22. The second-order valence-electron chi connectivity index (χ2n) is 3.39. The molecule has 0 unspecified atom stereocenters. The molecule has 0 saturated carbocycles. The van der Waals surface area contributed by atoms with E-state index in [2.05, 4.69) is 0 Å². The summed E-state index contributed by atoms with van der Waals surface area (Å²) in [5.74, 6) is -2.50. The lowest BCUT2D eigenvalue weighted by Gasteiger charge is -2.09. The zero-order valence-electron chi connectivity index (χ0n) is 8.35. The molecule has 88 valence electrons. The van der Waals surface area contributed by atoms with E-state index < -0.39 is 17.4 Å². The first kappa shape index (κ1) is 12.1. The molecule has 2 aromatic carbocycles. The van der Waals surface area contributed by atoms with Crippen LogP contribution >= 0.6 is 23.2 Å². The first-order valence-corrected chi connectivity index (χ1v) is 5.38. The summed E-state index contributed by atoms with van der Waals surface area (Å²) in [7, 11) is 0. The molecule has 0 aromatic heterocycles. The van der Waals surface area contributed by atoms with E-state index in [0.29, 0.717) is 6.07 Å². The Labute approximate surface area is 106 Å². The van der Waals surface area contributed by atoms with E-state index in [4.69, 9.17) is 23.2 Å². The molecular weight excluding hydrogens is 269 g/mol. The van der Waals surface area contributed by atoms with E-state index in [0.717, 1.165) is 6.07 Å². The maximum Gasteiger partial charge on any atom is 0.168 e. The van der Waals surface area contributed by atoms with E-state index in [1.165, 1.54) is 6.07 Å². The lowest BCUT2D eigenvalue weighted by Crippen LogP contribution is -1.88. The topological polar surface area (TPSA) is 20.2 Å². The van der Waals surface area contributed by atoms with Gasteiger partial charge in [-0.3, -0.25) is 0 Å². The van der Waals surface area contributed by atoms with Crippen molar-refractivity contribution >= 4 is 23.2 Å². The molecule has 0 aliphatic carbocycles. The zero-order valence-corrected chi connectivity index (χ0v) is 9.86. The Morgan fingerprint density at radius 1 is 1.00 bits per heavy atom. The molecule has 0 radical (unpaired) electrons. The van der Waals surface area contributed by atoms with Crippen molar-refractivity contribution < 1.29 is 13.9 Å². The molecule has 2 rings (SSSR count). The monoisotopic (exact) mass is 274 g/mol. The highest BCUT2D eigenvalue weighted by atomic mass is 35.5. The maximum atomic E-state index is 13.2. The Morgan fingerprint density at radius 3 is 2.41 bits per heavy atom. The van der Waals surface area contributed by atoms with E-state index in [-0.39, 0.29) is 21.2 Å². The molecule has 2 aromatic rings. The minimum atomic E-state index is -1.05. The van der Waals surface area contributed by atoms with Crippen molar-refractivity contribution in [3.63, 3.8) is 0 Å². The lowest BCUT2D eigenvalue weighted by atomic mass is 10.0. The van der Waals surface area contributed by atoms with Gasteiger partial charge in [0.1, 0.15) is 5.82 Å². The molecule has 1 nitrogen and oxygen atoms in total. The van der Waals surface area contributed by atoms with Crippen LogP contribution in [0, 0.1) is 11.6 Å². The van der Waals surface area contributed by atoms with Gasteiger partial charge in [0, 0.05) is 17.2 Å². The highest BCUT2D eigenvalue weighted by molar-refractivity contribution is 6.43. The number of benzene rings is 2. The number of aromatic hydroxyl groups is 1. The molecule has 0 spiro atoms. The third kappa shape index (κ3) is 2.21. The van der Waals surface area contributed by atoms with E-state index >= 15 is 0 Å². The van der Waals surface area contributed by atoms with Crippen molar-refractivity contribution in [2.24, 2.45) is 0 Å². The highest BCUT2D eigenvalue weighted by Gasteiger charge is 2.15. The first-order chi connectivity index (χ1) is 8.00. The maximum absolute atomic E-state index is 13.2. The predicted molar refractivity (Wildman–Crippen MR) is 63.5 cm³/mol. The van der Waals surface area contributed by atoms with Crippen molar-refractivity contribution in [1.29, 1.82) is 0 Å². The van der Waals surface area contributed by atoms with Crippen LogP contribution in [-0.2, 0) is 0 Å². The van der Waals surface area contributed by atoms with Crippen LogP contribution in [0.3, 0.4) is 0 Å². The smallest absolute Gasteiger partial charge is 0.168 e. The van der Waals surface area contributed by atoms with Crippen molar-refractivity contribution in [3.05, 3.63) is 52.0 Å². The van der Waals surface area contributed by atoms with Gasteiger partial charge in [-0.1, -0.05) is 35.3 Å². The molecule has 0 bridgehead atoms. The fourth-order valence-corrected chi connectivity index (χ4v) is 1.89. The second kappa shape index (κ2) is 4.51. The highest BCUT2D eigenvalue weighted by Crippen LogP contribution is 2.39. The SMILES string of the molecule is Oc1c(F)cc(F)cc1-c1cccc(Cl)c1Cl. The quantitative estimate of drug-likeness (QED) is 0.803. The van der Waals surface area contributed by atoms with E-state index in [1.54, 1.807) is 12.1 Å². The molecule has 1 N–H and O–H groups in total. The molecule has 5 heteroatoms. The molecule has 0 aliphatic heterocycles. The van der Waals surface area contributed by atoms with Crippen molar-refractivity contribution in [1.82, 2.24) is 0 Å². The van der Waals surface area contributed by atoms with Gasteiger partial charge < -0.3 is 5.11 Å². The van der Waals surface area contributed by atoms with Crippen molar-refractivity contribution in [3.8, 4) is 16.9 Å². The lowest BCUT2D eigenvalue weighted by molar-refractivity contribution is 0.430. The summed E-state index contributed by atoms with van der Waals surface area (Å²) < 4.78 is 26.3. The van der Waals surface area contributed by atoms with Gasteiger partial charge in [-0.05, 0) is 12.1 Å². The van der Waals surface area contributed by atoms with Crippen LogP contribution in [0.5, 0.6) is 5.75 Å². The largest absolute Gasteiger partial charge is 0.504 e. The van der Waals surface area contributed by atoms with E-state index in [9.17, 15) is 13.9 Å². The predicted octanol–water partition coefficient (Wildman–Crippen LogP) is 4.64. The molecule has 0 fully saturated rings. The Hall–Kier alpha value is -1.32. The van der Waals surface area contributed by atoms with Crippen LogP contribution in [0.25, 0.3) is 11.1 Å². The third-order valence-electron chi connectivity index (χ3n) is 2.27. The standard InChI is InChI=1S/C12H6Cl2F2O/c13-9-3-1-2-7(11(9)14)8-4-6(15)5-10(16)12(8)17/h1-5,17H. The molecule has 0 aliphatic rings. The Bertz CT molecular complexity index is 585. The minimum absolute atomic E-state index is 0.0324. The molecule has 0 heterocycles. The van der Waals surface area contributed by atoms with Crippen LogP contribution < -0.4 is 0 Å². The molecule has 0 saturated heterocycles. The summed E-state index contributed by atoms with van der Waals surface area (Å²) in [6.07, 6.45) is 0. The normalized spacial score (nSPS) is 10.6. The average Bonchev–Trinajstić information content (AvgIpc) is 2.27. The minimum Gasteiger partial charge on any atom is -0.504 e. The van der Waals surface area contributed by atoms with Crippen LogP contribution in [-0.4, -0.2) is 5.11 Å². The van der Waals surface area contributed by atoms with Gasteiger partial charge in [0.15, 0.2) is 11.6 Å². The number of hydrogen-bond donors (Lipinski definition) is 1. The summed E-state index contributed by atoms with van der Waals surface area (Å²) in [6.45, 7) is 0. The van der Waals surface area contributed by atoms with Gasteiger partial charge in [0.05, 0.1) is 10.0 Å². The Balaban J connectivity index is 2.73. The van der Waals surface area contributed by atoms with Gasteiger partial charge in [0.2, 0.25) is 0 Å². The fraction of sp³-hybridized carbons (Fsp3) is 0. The van der Waals surface area contributed by atoms with Gasteiger partial charge >= 0.3 is 0 Å². The molecule has 17 heavy (non-hydrogen) atoms. The van der Waals surface area contributed by atoms with Crippen molar-refractivity contribution in [2.75, 3.05) is 0 Å². The van der Waals surface area contributed by atoms with Crippen molar-refractivity contribution in [2.45, 2.75) is 0 Å². The second-order valence-corrected chi connectivity index (χ2v) is 4.17. The first-order valence-electron chi connectivity index (χ1n) is 4.63. The van der Waals surface area contributed by atoms with Crippen LogP contribution in [0.15, 0.2) is 30.3 Å². The summed E-state index contributed by atoms with van der Waals surface area (Å²) in [4.78, 5) is 0. The number of hydrogen-bond acceptors (Lipinski definition) is 1.